The summed E-state index contributed by atoms with van der Waals surface area (Å²) >= 11 is 0. The zero-order chi connectivity index (χ0) is 39.8. The number of benzene rings is 8. The molecule has 0 spiro atoms. The third-order valence-corrected chi connectivity index (χ3v) is 11.3. The molecule has 0 unspecified atom stereocenters. The lowest BCUT2D eigenvalue weighted by atomic mass is 9.95. The van der Waals surface area contributed by atoms with Crippen molar-refractivity contribution in [3.63, 3.8) is 0 Å². The van der Waals surface area contributed by atoms with Crippen molar-refractivity contribution in [2.45, 2.75) is 0 Å². The number of pyridine rings is 2. The van der Waals surface area contributed by atoms with Gasteiger partial charge in [0, 0.05) is 44.0 Å². The van der Waals surface area contributed by atoms with Gasteiger partial charge in [-0.15, -0.1) is 0 Å². The molecule has 0 atom stereocenters. The van der Waals surface area contributed by atoms with Crippen molar-refractivity contribution in [1.82, 2.24) is 19.9 Å². The highest BCUT2D eigenvalue weighted by molar-refractivity contribution is 6.21. The SMILES string of the molecule is c1ccc(-c2cccc(-c3cc(-c4ccc5c(c4)nc(-c4ccccc4)c4c6ccc(-c7ccccc7)nc6ccc54)nc(-c4cccc(-c5ccccc5)c4)n3)c2)cc1. The third-order valence-electron chi connectivity index (χ3n) is 11.3. The Kier molecular flexibility index (Phi) is 8.79. The molecule has 3 aromatic heterocycles. The van der Waals surface area contributed by atoms with Gasteiger partial charge in [0.2, 0.25) is 0 Å². The van der Waals surface area contributed by atoms with E-state index in [0.29, 0.717) is 5.82 Å². The lowest BCUT2D eigenvalue weighted by Gasteiger charge is -2.15. The Hall–Kier alpha value is -8.08. The van der Waals surface area contributed by atoms with Crippen molar-refractivity contribution < 1.29 is 0 Å². The molecule has 280 valence electrons. The van der Waals surface area contributed by atoms with E-state index in [9.17, 15) is 0 Å². The quantitative estimate of drug-likeness (QED) is 0.152. The molecule has 0 saturated heterocycles. The van der Waals surface area contributed by atoms with Crippen LogP contribution in [0, 0.1) is 0 Å². The summed E-state index contributed by atoms with van der Waals surface area (Å²) in [5, 5.41) is 4.37. The van der Waals surface area contributed by atoms with Crippen LogP contribution in [0.25, 0.3) is 111 Å². The first kappa shape index (κ1) is 35.1. The van der Waals surface area contributed by atoms with Crippen molar-refractivity contribution in [2.75, 3.05) is 0 Å². The van der Waals surface area contributed by atoms with Crippen LogP contribution >= 0.6 is 0 Å². The molecule has 0 amide bonds. The Bertz CT molecular complexity index is 3250. The van der Waals surface area contributed by atoms with Gasteiger partial charge in [-0.25, -0.2) is 19.9 Å². The largest absolute Gasteiger partial charge is 0.248 e. The average molecular weight is 765 g/mol. The molecule has 60 heavy (non-hydrogen) atoms. The molecule has 4 nitrogen and oxygen atoms in total. The smallest absolute Gasteiger partial charge is 0.160 e. The Morgan fingerprint density at radius 3 is 1.38 bits per heavy atom. The van der Waals surface area contributed by atoms with E-state index in [1.807, 2.05) is 24.3 Å². The Morgan fingerprint density at radius 2 is 0.733 bits per heavy atom. The van der Waals surface area contributed by atoms with Crippen LogP contribution < -0.4 is 0 Å². The van der Waals surface area contributed by atoms with Gasteiger partial charge >= 0.3 is 0 Å². The number of rotatable bonds is 7. The molecule has 0 aliphatic rings. The zero-order valence-corrected chi connectivity index (χ0v) is 32.6. The Morgan fingerprint density at radius 1 is 0.233 bits per heavy atom. The first-order valence-electron chi connectivity index (χ1n) is 20.2. The minimum atomic E-state index is 0.663. The van der Waals surface area contributed by atoms with Gasteiger partial charge in [-0.3, -0.25) is 0 Å². The number of aromatic nitrogens is 4. The van der Waals surface area contributed by atoms with Gasteiger partial charge in [0.15, 0.2) is 5.82 Å². The van der Waals surface area contributed by atoms with E-state index < -0.39 is 0 Å². The molecule has 8 aromatic carbocycles. The summed E-state index contributed by atoms with van der Waals surface area (Å²) in [7, 11) is 0. The minimum Gasteiger partial charge on any atom is -0.248 e. The van der Waals surface area contributed by atoms with E-state index in [-0.39, 0.29) is 0 Å². The van der Waals surface area contributed by atoms with E-state index in [1.165, 1.54) is 0 Å². The van der Waals surface area contributed by atoms with Crippen molar-refractivity contribution in [3.8, 4) is 78.7 Å². The Labute approximate surface area is 348 Å². The monoisotopic (exact) mass is 764 g/mol. The van der Waals surface area contributed by atoms with Gasteiger partial charge in [-0.05, 0) is 70.1 Å². The maximum atomic E-state index is 5.47. The van der Waals surface area contributed by atoms with Gasteiger partial charge in [-0.1, -0.05) is 176 Å². The minimum absolute atomic E-state index is 0.663. The molecular formula is C56H36N4. The highest BCUT2D eigenvalue weighted by atomic mass is 14.9. The van der Waals surface area contributed by atoms with Gasteiger partial charge in [-0.2, -0.15) is 0 Å². The number of hydrogen-bond donors (Lipinski definition) is 0. The topological polar surface area (TPSA) is 51.6 Å². The van der Waals surface area contributed by atoms with Crippen molar-refractivity contribution >= 4 is 32.6 Å². The van der Waals surface area contributed by atoms with E-state index >= 15 is 0 Å². The second kappa shape index (κ2) is 15.0. The van der Waals surface area contributed by atoms with Gasteiger partial charge in [0.25, 0.3) is 0 Å². The predicted molar refractivity (Wildman–Crippen MR) is 248 cm³/mol. The lowest BCUT2D eigenvalue weighted by Crippen LogP contribution is -1.97. The fraction of sp³-hybridized carbons (Fsp3) is 0. The fourth-order valence-corrected chi connectivity index (χ4v) is 8.28. The van der Waals surface area contributed by atoms with Gasteiger partial charge in [0.05, 0.1) is 33.8 Å². The van der Waals surface area contributed by atoms with Crippen LogP contribution in [0.3, 0.4) is 0 Å². The summed E-state index contributed by atoms with van der Waals surface area (Å²) in [6, 6.07) is 76.1. The van der Waals surface area contributed by atoms with E-state index in [4.69, 9.17) is 19.9 Å². The van der Waals surface area contributed by atoms with Crippen LogP contribution in [0.5, 0.6) is 0 Å². The first-order chi connectivity index (χ1) is 29.7. The van der Waals surface area contributed by atoms with Crippen LogP contribution in [0.4, 0.5) is 0 Å². The molecule has 0 bridgehead atoms. The van der Waals surface area contributed by atoms with Gasteiger partial charge < -0.3 is 0 Å². The molecule has 0 aliphatic carbocycles. The summed E-state index contributed by atoms with van der Waals surface area (Å²) in [6.45, 7) is 0. The van der Waals surface area contributed by atoms with Crippen molar-refractivity contribution in [1.29, 1.82) is 0 Å². The first-order valence-corrected chi connectivity index (χ1v) is 20.2. The zero-order valence-electron chi connectivity index (χ0n) is 32.6. The summed E-state index contributed by atoms with van der Waals surface area (Å²) < 4.78 is 0. The summed E-state index contributed by atoms with van der Waals surface area (Å²) in [5.74, 6) is 0.663. The standard InChI is InChI=1S/C56H36N4/c1-5-15-37(16-6-1)41-23-13-25-43(33-41)51-36-52(60-56(59-51)45-26-14-24-42(34-45)38-17-7-2-8-18-38)44-27-28-46-47-29-32-50-48(30-31-49(57-50)39-19-9-3-10-20-39)54(47)55(58-53(46)35-44)40-21-11-4-12-22-40/h1-36H. The summed E-state index contributed by atoms with van der Waals surface area (Å²) in [5.41, 5.74) is 15.0. The van der Waals surface area contributed by atoms with Crippen molar-refractivity contribution in [3.05, 3.63) is 218 Å². The summed E-state index contributed by atoms with van der Waals surface area (Å²) in [4.78, 5) is 21.1. The van der Waals surface area contributed by atoms with Crippen LogP contribution in [0.15, 0.2) is 218 Å². The second-order valence-electron chi connectivity index (χ2n) is 15.0. The van der Waals surface area contributed by atoms with E-state index in [2.05, 4.69) is 194 Å². The number of hydrogen-bond acceptors (Lipinski definition) is 4. The fourth-order valence-electron chi connectivity index (χ4n) is 8.28. The molecule has 3 heterocycles. The Balaban J connectivity index is 1.10. The maximum Gasteiger partial charge on any atom is 0.160 e. The molecule has 0 radical (unpaired) electrons. The van der Waals surface area contributed by atoms with Gasteiger partial charge in [0.1, 0.15) is 0 Å². The highest BCUT2D eigenvalue weighted by Gasteiger charge is 2.17. The molecular weight excluding hydrogens is 729 g/mol. The van der Waals surface area contributed by atoms with Crippen molar-refractivity contribution in [2.24, 2.45) is 0 Å². The number of fused-ring (bicyclic) bond motifs is 5. The molecule has 11 aromatic rings. The predicted octanol–water partition coefficient (Wildman–Crippen LogP) is 14.4. The third kappa shape index (κ3) is 6.56. The number of nitrogens with zero attached hydrogens (tertiary/aromatic N) is 4. The maximum absolute atomic E-state index is 5.47. The molecule has 4 heteroatoms. The average Bonchev–Trinajstić information content (AvgIpc) is 3.34. The van der Waals surface area contributed by atoms with E-state index in [1.54, 1.807) is 0 Å². The van der Waals surface area contributed by atoms with Crippen LogP contribution in [0.2, 0.25) is 0 Å². The molecule has 0 fully saturated rings. The van der Waals surface area contributed by atoms with Crippen LogP contribution in [0.1, 0.15) is 0 Å². The summed E-state index contributed by atoms with van der Waals surface area (Å²) in [6.07, 6.45) is 0. The molecule has 0 saturated carbocycles. The van der Waals surface area contributed by atoms with Crippen LogP contribution in [-0.2, 0) is 0 Å². The van der Waals surface area contributed by atoms with E-state index in [0.717, 1.165) is 105 Å². The highest BCUT2D eigenvalue weighted by Crippen LogP contribution is 2.39. The molecule has 0 aliphatic heterocycles. The second-order valence-corrected chi connectivity index (χ2v) is 15.0. The molecule has 11 rings (SSSR count). The van der Waals surface area contributed by atoms with Crippen LogP contribution in [-0.4, -0.2) is 19.9 Å². The lowest BCUT2D eigenvalue weighted by molar-refractivity contribution is 1.18. The molecule has 0 N–H and O–H groups in total. The normalized spacial score (nSPS) is 11.3.